The number of amides is 2. The molecule has 4 nitrogen and oxygen atoms in total. The Labute approximate surface area is 102 Å². The molecule has 0 spiro atoms. The summed E-state index contributed by atoms with van der Waals surface area (Å²) < 4.78 is 0. The minimum Gasteiger partial charge on any atom is -0.337 e. The predicted molar refractivity (Wildman–Crippen MR) is 68.0 cm³/mol. The number of hydrogen-bond donors (Lipinski definition) is 2. The Hall–Kier alpha value is -1.29. The number of nitrogens with one attached hydrogen (secondary N) is 2. The van der Waals surface area contributed by atoms with Gasteiger partial charge in [0, 0.05) is 24.6 Å². The molecular weight excluding hydrogens is 226 g/mol. The number of pyridine rings is 1. The molecular formula is C11H18ClN3O. The van der Waals surface area contributed by atoms with Crippen LogP contribution in [0, 0.1) is 5.41 Å². The first kappa shape index (κ1) is 14.7. The van der Waals surface area contributed by atoms with Crippen LogP contribution in [0.5, 0.6) is 0 Å². The molecule has 0 saturated heterocycles. The number of halogens is 1. The van der Waals surface area contributed by atoms with Gasteiger partial charge in [0.2, 0.25) is 0 Å². The Morgan fingerprint density at radius 3 is 2.38 bits per heavy atom. The van der Waals surface area contributed by atoms with Crippen LogP contribution in [0.2, 0.25) is 0 Å². The summed E-state index contributed by atoms with van der Waals surface area (Å²) in [5.74, 6) is 0. The second kappa shape index (κ2) is 6.33. The molecule has 16 heavy (non-hydrogen) atoms. The number of aromatic nitrogens is 1. The van der Waals surface area contributed by atoms with Crippen molar-refractivity contribution in [2.75, 3.05) is 11.9 Å². The van der Waals surface area contributed by atoms with E-state index in [0.717, 1.165) is 5.69 Å². The molecule has 1 aromatic rings. The van der Waals surface area contributed by atoms with Crippen LogP contribution in [-0.4, -0.2) is 17.6 Å². The summed E-state index contributed by atoms with van der Waals surface area (Å²) in [5.41, 5.74) is 0.840. The number of urea groups is 1. The molecule has 0 fully saturated rings. The lowest BCUT2D eigenvalue weighted by molar-refractivity contribution is 0.247. The zero-order valence-electron chi connectivity index (χ0n) is 9.78. The van der Waals surface area contributed by atoms with Gasteiger partial charge >= 0.3 is 6.03 Å². The van der Waals surface area contributed by atoms with E-state index in [-0.39, 0.29) is 23.9 Å². The van der Waals surface area contributed by atoms with Gasteiger partial charge in [-0.1, -0.05) is 20.8 Å². The normalized spacial score (nSPS) is 10.2. The minimum absolute atomic E-state index is 0. The molecule has 1 heterocycles. The molecule has 2 N–H and O–H groups in total. The van der Waals surface area contributed by atoms with E-state index >= 15 is 0 Å². The quantitative estimate of drug-likeness (QED) is 0.839. The molecule has 5 heteroatoms. The van der Waals surface area contributed by atoms with Crippen LogP contribution in [0.15, 0.2) is 24.5 Å². The highest BCUT2D eigenvalue weighted by Crippen LogP contribution is 2.10. The van der Waals surface area contributed by atoms with E-state index in [9.17, 15) is 4.79 Å². The number of carbonyl (C=O) groups excluding carboxylic acids is 1. The predicted octanol–water partition coefficient (Wildman–Crippen LogP) is 2.67. The van der Waals surface area contributed by atoms with Crippen molar-refractivity contribution in [3.63, 3.8) is 0 Å². The van der Waals surface area contributed by atoms with E-state index in [0.29, 0.717) is 6.54 Å². The number of hydrogen-bond acceptors (Lipinski definition) is 2. The van der Waals surface area contributed by atoms with Gasteiger partial charge in [-0.3, -0.25) is 4.98 Å². The minimum atomic E-state index is -0.184. The molecule has 0 aliphatic carbocycles. The summed E-state index contributed by atoms with van der Waals surface area (Å²) in [4.78, 5) is 15.3. The van der Waals surface area contributed by atoms with Gasteiger partial charge in [0.25, 0.3) is 0 Å². The van der Waals surface area contributed by atoms with Crippen LogP contribution < -0.4 is 10.6 Å². The van der Waals surface area contributed by atoms with Gasteiger partial charge in [0.15, 0.2) is 0 Å². The van der Waals surface area contributed by atoms with Gasteiger partial charge in [-0.25, -0.2) is 4.79 Å². The van der Waals surface area contributed by atoms with Crippen molar-refractivity contribution < 1.29 is 4.79 Å². The van der Waals surface area contributed by atoms with Crippen LogP contribution in [0.25, 0.3) is 0 Å². The molecule has 1 aromatic heterocycles. The molecule has 0 aliphatic heterocycles. The van der Waals surface area contributed by atoms with Crippen molar-refractivity contribution in [1.29, 1.82) is 0 Å². The largest absolute Gasteiger partial charge is 0.337 e. The zero-order chi connectivity index (χ0) is 11.3. The lowest BCUT2D eigenvalue weighted by Gasteiger charge is -2.18. The summed E-state index contributed by atoms with van der Waals surface area (Å²) >= 11 is 0. The molecule has 0 saturated carbocycles. The zero-order valence-corrected chi connectivity index (χ0v) is 10.6. The van der Waals surface area contributed by atoms with Gasteiger partial charge in [0.05, 0.1) is 0 Å². The first-order valence-corrected chi connectivity index (χ1v) is 4.92. The van der Waals surface area contributed by atoms with Crippen LogP contribution in [0.3, 0.4) is 0 Å². The van der Waals surface area contributed by atoms with Crippen LogP contribution >= 0.6 is 12.4 Å². The molecule has 0 bridgehead atoms. The summed E-state index contributed by atoms with van der Waals surface area (Å²) in [6.45, 7) is 6.85. The van der Waals surface area contributed by atoms with Crippen molar-refractivity contribution in [1.82, 2.24) is 10.3 Å². The molecule has 1 rings (SSSR count). The second-order valence-electron chi connectivity index (χ2n) is 4.60. The second-order valence-corrected chi connectivity index (χ2v) is 4.60. The van der Waals surface area contributed by atoms with Crippen molar-refractivity contribution >= 4 is 24.1 Å². The lowest BCUT2D eigenvalue weighted by Crippen LogP contribution is -2.35. The molecule has 0 radical (unpaired) electrons. The highest BCUT2D eigenvalue weighted by Gasteiger charge is 2.11. The average molecular weight is 244 g/mol. The first-order valence-electron chi connectivity index (χ1n) is 4.92. The highest BCUT2D eigenvalue weighted by molar-refractivity contribution is 5.89. The van der Waals surface area contributed by atoms with E-state index in [1.807, 2.05) is 0 Å². The van der Waals surface area contributed by atoms with Crippen molar-refractivity contribution in [3.8, 4) is 0 Å². The third-order valence-corrected chi connectivity index (χ3v) is 1.72. The van der Waals surface area contributed by atoms with Crippen molar-refractivity contribution in [2.45, 2.75) is 20.8 Å². The molecule has 0 aliphatic rings. The fourth-order valence-corrected chi connectivity index (χ4v) is 0.956. The Morgan fingerprint density at radius 2 is 1.88 bits per heavy atom. The lowest BCUT2D eigenvalue weighted by atomic mass is 9.97. The smallest absolute Gasteiger partial charge is 0.319 e. The Balaban J connectivity index is 0.00000225. The summed E-state index contributed by atoms with van der Waals surface area (Å²) in [6.07, 6.45) is 3.28. The summed E-state index contributed by atoms with van der Waals surface area (Å²) in [5, 5.41) is 5.53. The molecule has 2 amide bonds. The van der Waals surface area contributed by atoms with E-state index < -0.39 is 0 Å². The van der Waals surface area contributed by atoms with E-state index in [1.54, 1.807) is 24.5 Å². The van der Waals surface area contributed by atoms with Crippen LogP contribution in [0.4, 0.5) is 10.5 Å². The van der Waals surface area contributed by atoms with E-state index in [2.05, 4.69) is 36.4 Å². The van der Waals surface area contributed by atoms with Gasteiger partial charge in [-0.15, -0.1) is 12.4 Å². The Bertz CT molecular complexity index is 322. The number of anilines is 1. The van der Waals surface area contributed by atoms with E-state index in [4.69, 9.17) is 0 Å². The van der Waals surface area contributed by atoms with Gasteiger partial charge in [0.1, 0.15) is 0 Å². The fourth-order valence-electron chi connectivity index (χ4n) is 0.956. The van der Waals surface area contributed by atoms with Gasteiger partial charge in [-0.05, 0) is 17.5 Å². The van der Waals surface area contributed by atoms with Crippen molar-refractivity contribution in [3.05, 3.63) is 24.5 Å². The molecule has 0 atom stereocenters. The third kappa shape index (κ3) is 6.24. The standard InChI is InChI=1S/C11H17N3O.ClH/c1-11(2,3)8-13-10(15)14-9-4-6-12-7-5-9;/h4-7H,8H2,1-3H3,(H2,12,13,14,15);1H. The number of rotatable bonds is 2. The topological polar surface area (TPSA) is 54.0 Å². The maximum atomic E-state index is 11.4. The Kier molecular flexibility index (Phi) is 5.82. The maximum Gasteiger partial charge on any atom is 0.319 e. The molecule has 0 unspecified atom stereocenters. The summed E-state index contributed by atoms with van der Waals surface area (Å²) in [6, 6.07) is 3.31. The molecule has 0 aromatic carbocycles. The molecule has 90 valence electrons. The number of carbonyl (C=O) groups is 1. The average Bonchev–Trinajstić information content (AvgIpc) is 2.15. The number of nitrogens with zero attached hydrogens (tertiary/aromatic N) is 1. The maximum absolute atomic E-state index is 11.4. The third-order valence-electron chi connectivity index (χ3n) is 1.72. The first-order chi connectivity index (χ1) is 6.97. The monoisotopic (exact) mass is 243 g/mol. The van der Waals surface area contributed by atoms with Gasteiger partial charge < -0.3 is 10.6 Å². The highest BCUT2D eigenvalue weighted by atomic mass is 35.5. The van der Waals surface area contributed by atoms with Crippen LogP contribution in [0.1, 0.15) is 20.8 Å². The van der Waals surface area contributed by atoms with Crippen molar-refractivity contribution in [2.24, 2.45) is 5.41 Å². The fraction of sp³-hybridized carbons (Fsp3) is 0.455. The van der Waals surface area contributed by atoms with Gasteiger partial charge in [-0.2, -0.15) is 0 Å². The Morgan fingerprint density at radius 1 is 1.31 bits per heavy atom. The van der Waals surface area contributed by atoms with E-state index in [1.165, 1.54) is 0 Å². The summed E-state index contributed by atoms with van der Waals surface area (Å²) in [7, 11) is 0. The SMILES string of the molecule is CC(C)(C)CNC(=O)Nc1ccncc1.Cl. The van der Waals surface area contributed by atoms with Crippen LogP contribution in [-0.2, 0) is 0 Å².